The lowest BCUT2D eigenvalue weighted by Crippen LogP contribution is -2.22. The second kappa shape index (κ2) is 8.08. The number of nitrogens with zero attached hydrogens (tertiary/aromatic N) is 1. The van der Waals surface area contributed by atoms with Crippen LogP contribution in [-0.4, -0.2) is 19.2 Å². The van der Waals surface area contributed by atoms with E-state index in [4.69, 9.17) is 5.14 Å². The Bertz CT molecular complexity index is 1010. The molecule has 0 bridgehead atoms. The lowest BCUT2D eigenvalue weighted by Gasteiger charge is -2.15. The van der Waals surface area contributed by atoms with Crippen LogP contribution in [0.2, 0.25) is 0 Å². The molecule has 0 saturated carbocycles. The van der Waals surface area contributed by atoms with Crippen LogP contribution in [0.25, 0.3) is 10.2 Å². The van der Waals surface area contributed by atoms with Crippen LogP contribution < -0.4 is 5.14 Å². The third-order valence-electron chi connectivity index (χ3n) is 4.17. The van der Waals surface area contributed by atoms with E-state index < -0.39 is 15.3 Å². The Morgan fingerprint density at radius 1 is 1.15 bits per heavy atom. The summed E-state index contributed by atoms with van der Waals surface area (Å²) in [7, 11) is -3.63. The van der Waals surface area contributed by atoms with Crippen LogP contribution in [0.4, 0.5) is 0 Å². The Kier molecular flexibility index (Phi) is 6.02. The van der Waals surface area contributed by atoms with Crippen LogP contribution >= 0.6 is 23.1 Å². The normalized spacial score (nSPS) is 13.2. The van der Waals surface area contributed by atoms with Gasteiger partial charge in [-0.15, -0.1) is 11.3 Å². The van der Waals surface area contributed by atoms with Gasteiger partial charge in [0.1, 0.15) is 5.25 Å². The SMILES string of the molecule is Cc1cccc(C(CCCSc2nc3cc(C)ccc3s2)S(N)(=O)=O)c1. The summed E-state index contributed by atoms with van der Waals surface area (Å²) in [4.78, 5) is 4.65. The second-order valence-electron chi connectivity index (χ2n) is 6.43. The highest BCUT2D eigenvalue weighted by atomic mass is 32.2. The fraction of sp³-hybridized carbons (Fsp3) is 0.316. The summed E-state index contributed by atoms with van der Waals surface area (Å²) in [5, 5.41) is 4.82. The van der Waals surface area contributed by atoms with Crippen molar-refractivity contribution in [1.82, 2.24) is 4.98 Å². The molecule has 0 aliphatic heterocycles. The number of rotatable bonds is 7. The Morgan fingerprint density at radius 3 is 2.65 bits per heavy atom. The van der Waals surface area contributed by atoms with E-state index in [0.29, 0.717) is 6.42 Å². The fourth-order valence-electron chi connectivity index (χ4n) is 2.90. The van der Waals surface area contributed by atoms with E-state index in [-0.39, 0.29) is 0 Å². The Hall–Kier alpha value is -1.41. The minimum Gasteiger partial charge on any atom is -0.230 e. The van der Waals surface area contributed by atoms with E-state index >= 15 is 0 Å². The number of primary sulfonamides is 1. The largest absolute Gasteiger partial charge is 0.230 e. The van der Waals surface area contributed by atoms with Crippen molar-refractivity contribution >= 4 is 43.3 Å². The standard InChI is InChI=1S/C19H22N2O2S3/c1-13-5-3-6-15(11-13)18(26(20,22)23)7-4-10-24-19-21-16-12-14(2)8-9-17(16)25-19/h3,5-6,8-9,11-12,18H,4,7,10H2,1-2H3,(H2,20,22,23). The lowest BCUT2D eigenvalue weighted by atomic mass is 10.1. The molecule has 7 heteroatoms. The highest BCUT2D eigenvalue weighted by molar-refractivity contribution is 8.01. The van der Waals surface area contributed by atoms with Gasteiger partial charge in [0.2, 0.25) is 10.0 Å². The van der Waals surface area contributed by atoms with E-state index in [1.807, 2.05) is 31.2 Å². The maximum absolute atomic E-state index is 12.0. The highest BCUT2D eigenvalue weighted by Crippen LogP contribution is 2.32. The molecule has 0 amide bonds. The van der Waals surface area contributed by atoms with Crippen molar-refractivity contribution in [1.29, 1.82) is 0 Å². The molecule has 3 aromatic rings. The Morgan fingerprint density at radius 2 is 1.92 bits per heavy atom. The third kappa shape index (κ3) is 4.85. The molecule has 1 unspecified atom stereocenters. The van der Waals surface area contributed by atoms with E-state index in [1.54, 1.807) is 23.1 Å². The fourth-order valence-corrected chi connectivity index (χ4v) is 6.00. The van der Waals surface area contributed by atoms with Crippen LogP contribution in [0.3, 0.4) is 0 Å². The first-order chi connectivity index (χ1) is 12.3. The predicted octanol–water partition coefficient (Wildman–Crippen LogP) is 4.82. The molecule has 1 aromatic heterocycles. The molecular weight excluding hydrogens is 384 g/mol. The van der Waals surface area contributed by atoms with Crippen molar-refractivity contribution in [2.24, 2.45) is 5.14 Å². The van der Waals surface area contributed by atoms with Crippen molar-refractivity contribution in [3.05, 3.63) is 59.2 Å². The zero-order valence-electron chi connectivity index (χ0n) is 14.8. The van der Waals surface area contributed by atoms with Crippen molar-refractivity contribution in [2.45, 2.75) is 36.3 Å². The van der Waals surface area contributed by atoms with Crippen LogP contribution in [-0.2, 0) is 10.0 Å². The number of thioether (sulfide) groups is 1. The number of fused-ring (bicyclic) bond motifs is 1. The summed E-state index contributed by atoms with van der Waals surface area (Å²) in [6.07, 6.45) is 1.27. The molecule has 2 N–H and O–H groups in total. The van der Waals surface area contributed by atoms with Gasteiger partial charge in [-0.2, -0.15) is 0 Å². The van der Waals surface area contributed by atoms with E-state index in [2.05, 4.69) is 30.1 Å². The number of nitrogens with two attached hydrogens (primary N) is 1. The molecule has 3 rings (SSSR count). The molecule has 1 heterocycles. The average Bonchev–Trinajstić information content (AvgIpc) is 2.95. The maximum atomic E-state index is 12.0. The maximum Gasteiger partial charge on any atom is 0.216 e. The van der Waals surface area contributed by atoms with E-state index in [9.17, 15) is 8.42 Å². The summed E-state index contributed by atoms with van der Waals surface area (Å²) in [5.41, 5.74) is 4.04. The molecule has 0 fully saturated rings. The minimum absolute atomic E-state index is 0.513. The van der Waals surface area contributed by atoms with Gasteiger partial charge in [0, 0.05) is 5.75 Å². The van der Waals surface area contributed by atoms with Gasteiger partial charge >= 0.3 is 0 Å². The molecule has 0 saturated heterocycles. The molecule has 26 heavy (non-hydrogen) atoms. The Balaban J connectivity index is 1.62. The monoisotopic (exact) mass is 406 g/mol. The van der Waals surface area contributed by atoms with Crippen LogP contribution in [0.15, 0.2) is 46.8 Å². The highest BCUT2D eigenvalue weighted by Gasteiger charge is 2.23. The zero-order chi connectivity index (χ0) is 18.7. The van der Waals surface area contributed by atoms with Crippen LogP contribution in [0.1, 0.15) is 34.8 Å². The predicted molar refractivity (Wildman–Crippen MR) is 111 cm³/mol. The molecule has 138 valence electrons. The van der Waals surface area contributed by atoms with Crippen LogP contribution in [0.5, 0.6) is 0 Å². The first-order valence-corrected chi connectivity index (χ1v) is 11.8. The summed E-state index contributed by atoms with van der Waals surface area (Å²) < 4.78 is 26.2. The van der Waals surface area contributed by atoms with Gasteiger partial charge in [0.25, 0.3) is 0 Å². The number of sulfonamides is 1. The van der Waals surface area contributed by atoms with Gasteiger partial charge in [-0.25, -0.2) is 18.5 Å². The van der Waals surface area contributed by atoms with Gasteiger partial charge < -0.3 is 0 Å². The molecule has 1 atom stereocenters. The summed E-state index contributed by atoms with van der Waals surface area (Å²) >= 11 is 3.35. The van der Waals surface area contributed by atoms with E-state index in [0.717, 1.165) is 33.2 Å². The number of aromatic nitrogens is 1. The molecule has 0 aliphatic carbocycles. The van der Waals surface area contributed by atoms with Gasteiger partial charge in [-0.3, -0.25) is 0 Å². The molecule has 0 radical (unpaired) electrons. The number of aryl methyl sites for hydroxylation is 2. The van der Waals surface area contributed by atoms with Crippen LogP contribution in [0, 0.1) is 13.8 Å². The van der Waals surface area contributed by atoms with Gasteiger partial charge in [0.05, 0.1) is 10.2 Å². The third-order valence-corrected chi connectivity index (χ3v) is 7.74. The van der Waals surface area contributed by atoms with Crippen molar-refractivity contribution in [3.8, 4) is 0 Å². The number of thiazole rings is 1. The van der Waals surface area contributed by atoms with Crippen molar-refractivity contribution in [2.75, 3.05) is 5.75 Å². The molecular formula is C19H22N2O2S3. The molecule has 0 spiro atoms. The topological polar surface area (TPSA) is 73.0 Å². The second-order valence-corrected chi connectivity index (χ2v) is 10.6. The smallest absolute Gasteiger partial charge is 0.216 e. The first kappa shape index (κ1) is 19.4. The quantitative estimate of drug-likeness (QED) is 0.451. The van der Waals surface area contributed by atoms with Gasteiger partial charge in [-0.05, 0) is 49.9 Å². The van der Waals surface area contributed by atoms with Gasteiger partial charge in [0.15, 0.2) is 4.34 Å². The van der Waals surface area contributed by atoms with Crippen molar-refractivity contribution in [3.63, 3.8) is 0 Å². The Labute approximate surface area is 162 Å². The molecule has 4 nitrogen and oxygen atoms in total. The first-order valence-electron chi connectivity index (χ1n) is 8.41. The average molecular weight is 407 g/mol. The van der Waals surface area contributed by atoms with Crippen molar-refractivity contribution < 1.29 is 8.42 Å². The zero-order valence-corrected chi connectivity index (χ0v) is 17.3. The summed E-state index contributed by atoms with van der Waals surface area (Å²) in [6, 6.07) is 13.8. The number of benzene rings is 2. The van der Waals surface area contributed by atoms with E-state index in [1.165, 1.54) is 10.3 Å². The summed E-state index contributed by atoms with van der Waals surface area (Å²) in [6.45, 7) is 4.01. The summed E-state index contributed by atoms with van der Waals surface area (Å²) in [5.74, 6) is 0.816. The minimum atomic E-state index is -3.63. The molecule has 0 aliphatic rings. The lowest BCUT2D eigenvalue weighted by molar-refractivity contribution is 0.575. The molecule has 2 aromatic carbocycles. The van der Waals surface area contributed by atoms with Gasteiger partial charge in [-0.1, -0.05) is 47.7 Å². The number of hydrogen-bond donors (Lipinski definition) is 1. The number of hydrogen-bond acceptors (Lipinski definition) is 5.